The topological polar surface area (TPSA) is 78.8 Å². The monoisotopic (exact) mass is 362 g/mol. The van der Waals surface area contributed by atoms with Crippen LogP contribution in [0.3, 0.4) is 0 Å². The van der Waals surface area contributed by atoms with E-state index < -0.39 is 0 Å². The van der Waals surface area contributed by atoms with Gasteiger partial charge in [0.15, 0.2) is 0 Å². The number of pyridine rings is 2. The van der Waals surface area contributed by atoms with Gasteiger partial charge in [-0.25, -0.2) is 9.67 Å². The Labute approximate surface area is 156 Å². The van der Waals surface area contributed by atoms with Crippen molar-refractivity contribution < 1.29 is 0 Å². The van der Waals surface area contributed by atoms with E-state index in [1.165, 1.54) is 0 Å². The molecule has 4 heterocycles. The molecule has 1 unspecified atom stereocenters. The molecular formula is C20H22N6O. The van der Waals surface area contributed by atoms with Gasteiger partial charge in [-0.1, -0.05) is 12.2 Å². The molecule has 1 fully saturated rings. The van der Waals surface area contributed by atoms with Gasteiger partial charge in [0.25, 0.3) is 5.56 Å². The molecule has 0 amide bonds. The fraction of sp³-hybridized carbons (Fsp3) is 0.350. The lowest BCUT2D eigenvalue weighted by Crippen LogP contribution is -2.49. The largest absolute Gasteiger partial charge is 0.354 e. The van der Waals surface area contributed by atoms with Gasteiger partial charge in [-0.2, -0.15) is 0 Å². The molecule has 0 spiro atoms. The van der Waals surface area contributed by atoms with E-state index in [4.69, 9.17) is 4.98 Å². The number of rotatable bonds is 2. The van der Waals surface area contributed by atoms with Crippen molar-refractivity contribution in [3.05, 3.63) is 46.9 Å². The summed E-state index contributed by atoms with van der Waals surface area (Å²) in [7, 11) is 0. The Morgan fingerprint density at radius 1 is 1.26 bits per heavy atom. The quantitative estimate of drug-likeness (QED) is 0.731. The van der Waals surface area contributed by atoms with E-state index in [-0.39, 0.29) is 5.56 Å². The lowest BCUT2D eigenvalue weighted by Gasteiger charge is -2.32. The molecule has 27 heavy (non-hydrogen) atoms. The number of nitrogens with one attached hydrogen (secondary N) is 2. The van der Waals surface area contributed by atoms with Crippen LogP contribution in [0, 0.1) is 0 Å². The van der Waals surface area contributed by atoms with Crippen LogP contribution in [-0.4, -0.2) is 45.4 Å². The van der Waals surface area contributed by atoms with Gasteiger partial charge in [0, 0.05) is 31.9 Å². The van der Waals surface area contributed by atoms with E-state index in [1.807, 2.05) is 18.2 Å². The zero-order chi connectivity index (χ0) is 18.4. The standard InChI is InChI=1S/C20H22N6O/c1-13-12-25(10-9-21-13)17-8-7-16-19(23-17)18-15(11-22-16)20(27)26(24-18)14-5-3-2-4-6-14/h3,5-8,11,13,21,24H,2,4,9-10,12H2,1H3. The van der Waals surface area contributed by atoms with E-state index >= 15 is 0 Å². The predicted molar refractivity (Wildman–Crippen MR) is 108 cm³/mol. The summed E-state index contributed by atoms with van der Waals surface area (Å²) >= 11 is 0. The third kappa shape index (κ3) is 2.75. The van der Waals surface area contributed by atoms with Gasteiger partial charge in [0.05, 0.1) is 22.1 Å². The van der Waals surface area contributed by atoms with Crippen molar-refractivity contribution in [2.45, 2.75) is 25.8 Å². The van der Waals surface area contributed by atoms with Crippen molar-refractivity contribution >= 4 is 33.5 Å². The van der Waals surface area contributed by atoms with Gasteiger partial charge in [-0.05, 0) is 38.0 Å². The van der Waals surface area contributed by atoms with Crippen LogP contribution in [0.4, 0.5) is 5.82 Å². The number of nitrogens with zero attached hydrogens (tertiary/aromatic N) is 4. The fourth-order valence-electron chi connectivity index (χ4n) is 3.88. The Kier molecular flexibility index (Phi) is 3.82. The molecule has 3 aromatic rings. The third-order valence-electron chi connectivity index (χ3n) is 5.28. The molecule has 7 nitrogen and oxygen atoms in total. The van der Waals surface area contributed by atoms with Crippen LogP contribution in [0.2, 0.25) is 0 Å². The Morgan fingerprint density at radius 2 is 2.19 bits per heavy atom. The minimum atomic E-state index is -0.0832. The Bertz CT molecular complexity index is 1140. The average Bonchev–Trinajstić information content (AvgIpc) is 3.05. The second-order valence-corrected chi connectivity index (χ2v) is 7.25. The van der Waals surface area contributed by atoms with Crippen molar-refractivity contribution in [3.8, 4) is 0 Å². The SMILES string of the molecule is CC1CN(c2ccc3ncc4c(=O)n(C5=CCCC=C5)[nH]c4c3n2)CCN1. The summed E-state index contributed by atoms with van der Waals surface area (Å²) < 4.78 is 1.60. The van der Waals surface area contributed by atoms with Crippen LogP contribution >= 0.6 is 0 Å². The van der Waals surface area contributed by atoms with Crippen LogP contribution < -0.4 is 15.8 Å². The molecule has 1 aliphatic heterocycles. The lowest BCUT2D eigenvalue weighted by molar-refractivity contribution is 0.482. The number of aromatic nitrogens is 4. The fourth-order valence-corrected chi connectivity index (χ4v) is 3.88. The van der Waals surface area contributed by atoms with E-state index in [2.05, 4.69) is 39.4 Å². The molecule has 3 aromatic heterocycles. The molecule has 0 radical (unpaired) electrons. The van der Waals surface area contributed by atoms with Crippen LogP contribution in [0.5, 0.6) is 0 Å². The number of piperazine rings is 1. The van der Waals surface area contributed by atoms with Crippen molar-refractivity contribution in [1.29, 1.82) is 0 Å². The van der Waals surface area contributed by atoms with Crippen LogP contribution in [0.1, 0.15) is 19.8 Å². The highest BCUT2D eigenvalue weighted by atomic mass is 16.1. The lowest BCUT2D eigenvalue weighted by atomic mass is 10.1. The highest BCUT2D eigenvalue weighted by molar-refractivity contribution is 6.01. The molecule has 7 heteroatoms. The average molecular weight is 362 g/mol. The first kappa shape index (κ1) is 16.3. The normalized spacial score (nSPS) is 20.4. The minimum absolute atomic E-state index is 0.0832. The molecule has 1 aliphatic carbocycles. The first-order chi connectivity index (χ1) is 13.2. The summed E-state index contributed by atoms with van der Waals surface area (Å²) in [4.78, 5) is 24.5. The second kappa shape index (κ2) is 6.35. The van der Waals surface area contributed by atoms with Crippen molar-refractivity contribution in [3.63, 3.8) is 0 Å². The maximum Gasteiger partial charge on any atom is 0.280 e. The number of fused-ring (bicyclic) bond motifs is 3. The number of hydrogen-bond acceptors (Lipinski definition) is 5. The molecule has 138 valence electrons. The number of anilines is 1. The summed E-state index contributed by atoms with van der Waals surface area (Å²) in [6, 6.07) is 4.43. The highest BCUT2D eigenvalue weighted by Crippen LogP contribution is 2.24. The van der Waals surface area contributed by atoms with E-state index in [1.54, 1.807) is 10.9 Å². The Hall–Kier alpha value is -2.93. The molecule has 0 saturated carbocycles. The summed E-state index contributed by atoms with van der Waals surface area (Å²) in [6.45, 7) is 4.95. The molecule has 2 aliphatic rings. The van der Waals surface area contributed by atoms with Gasteiger partial charge in [-0.3, -0.25) is 14.9 Å². The van der Waals surface area contributed by atoms with Gasteiger partial charge in [0.2, 0.25) is 0 Å². The maximum absolute atomic E-state index is 12.9. The highest BCUT2D eigenvalue weighted by Gasteiger charge is 2.19. The summed E-state index contributed by atoms with van der Waals surface area (Å²) in [5.74, 6) is 0.926. The Morgan fingerprint density at radius 3 is 3.00 bits per heavy atom. The van der Waals surface area contributed by atoms with E-state index in [9.17, 15) is 4.79 Å². The van der Waals surface area contributed by atoms with Crippen LogP contribution in [0.15, 0.2) is 41.4 Å². The molecule has 0 aromatic carbocycles. The zero-order valence-electron chi connectivity index (χ0n) is 15.3. The number of aromatic amines is 1. The first-order valence-electron chi connectivity index (χ1n) is 9.46. The summed E-state index contributed by atoms with van der Waals surface area (Å²) in [5, 5.41) is 7.29. The minimum Gasteiger partial charge on any atom is -0.354 e. The van der Waals surface area contributed by atoms with Crippen LogP contribution in [-0.2, 0) is 0 Å². The second-order valence-electron chi connectivity index (χ2n) is 7.25. The molecule has 2 N–H and O–H groups in total. The van der Waals surface area contributed by atoms with Gasteiger partial charge >= 0.3 is 0 Å². The molecule has 1 saturated heterocycles. The van der Waals surface area contributed by atoms with Gasteiger partial charge in [-0.15, -0.1) is 0 Å². The van der Waals surface area contributed by atoms with E-state index in [0.717, 1.165) is 60.5 Å². The van der Waals surface area contributed by atoms with Crippen molar-refractivity contribution in [1.82, 2.24) is 25.1 Å². The van der Waals surface area contributed by atoms with Gasteiger partial charge in [0.1, 0.15) is 11.3 Å². The van der Waals surface area contributed by atoms with Crippen molar-refractivity contribution in [2.24, 2.45) is 0 Å². The molecule has 5 rings (SSSR count). The number of H-pyrrole nitrogens is 1. The third-order valence-corrected chi connectivity index (χ3v) is 5.28. The zero-order valence-corrected chi connectivity index (χ0v) is 15.3. The smallest absolute Gasteiger partial charge is 0.280 e. The molecular weight excluding hydrogens is 340 g/mol. The predicted octanol–water partition coefficient (Wildman–Crippen LogP) is 2.26. The molecule has 1 atom stereocenters. The Balaban J connectivity index is 1.67. The van der Waals surface area contributed by atoms with E-state index in [0.29, 0.717) is 11.4 Å². The summed E-state index contributed by atoms with van der Waals surface area (Å²) in [6.07, 6.45) is 9.75. The van der Waals surface area contributed by atoms with Gasteiger partial charge < -0.3 is 10.2 Å². The number of hydrogen-bond donors (Lipinski definition) is 2. The summed E-state index contributed by atoms with van der Waals surface area (Å²) in [5.41, 5.74) is 3.07. The maximum atomic E-state index is 12.9. The molecule has 0 bridgehead atoms. The first-order valence-corrected chi connectivity index (χ1v) is 9.46. The van der Waals surface area contributed by atoms with Crippen LogP contribution in [0.25, 0.3) is 27.6 Å². The number of allylic oxidation sites excluding steroid dienone is 4. The van der Waals surface area contributed by atoms with Crippen molar-refractivity contribution in [2.75, 3.05) is 24.5 Å².